The van der Waals surface area contributed by atoms with E-state index >= 15 is 0 Å². The molecule has 51 heavy (non-hydrogen) atoms. The van der Waals surface area contributed by atoms with Gasteiger partial charge in [-0.15, -0.1) is 0 Å². The number of hydrogen-bond acceptors (Lipinski definition) is 6. The first-order valence-electron chi connectivity index (χ1n) is 21.8. The second kappa shape index (κ2) is 38.8. The first-order chi connectivity index (χ1) is 24.8. The largest absolute Gasteiger partial charge is 0.469 e. The van der Waals surface area contributed by atoms with Crippen LogP contribution in [0.25, 0.3) is 0 Å². The van der Waals surface area contributed by atoms with Crippen LogP contribution in [0.5, 0.6) is 0 Å². The fourth-order valence-electron chi connectivity index (χ4n) is 6.61. The molecule has 0 bridgehead atoms. The maximum absolute atomic E-state index is 12.4. The van der Waals surface area contributed by atoms with Gasteiger partial charge in [-0.2, -0.15) is 0 Å². The summed E-state index contributed by atoms with van der Waals surface area (Å²) < 4.78 is 26.4. The number of rotatable bonds is 41. The molecule has 0 aliphatic rings. The third kappa shape index (κ3) is 41.7. The summed E-state index contributed by atoms with van der Waals surface area (Å²) in [5.74, 6) is -0.870. The second-order valence-electron chi connectivity index (χ2n) is 15.0. The summed E-state index contributed by atoms with van der Waals surface area (Å²) in [5, 5.41) is 0. The fourth-order valence-corrected chi connectivity index (χ4v) is 6.97. The molecule has 0 radical (unpaired) electrons. The van der Waals surface area contributed by atoms with E-state index in [1.54, 1.807) is 0 Å². The molecule has 1 atom stereocenters. The van der Waals surface area contributed by atoms with Gasteiger partial charge in [-0.25, -0.2) is 4.57 Å². The van der Waals surface area contributed by atoms with E-state index < -0.39 is 32.5 Å². The summed E-state index contributed by atoms with van der Waals surface area (Å²) in [4.78, 5) is 42.7. The van der Waals surface area contributed by atoms with Crippen molar-refractivity contribution in [3.8, 4) is 0 Å². The van der Waals surface area contributed by atoms with E-state index in [-0.39, 0.29) is 19.4 Å². The summed E-state index contributed by atoms with van der Waals surface area (Å²) in [6.07, 6.45) is 41.3. The van der Waals surface area contributed by atoms with Gasteiger partial charge in [0.2, 0.25) is 0 Å². The zero-order valence-corrected chi connectivity index (χ0v) is 34.4. The molecule has 0 saturated carbocycles. The molecule has 9 heteroatoms. The lowest BCUT2D eigenvalue weighted by atomic mass is 10.0. The molecular weight excluding hydrogens is 663 g/mol. The molecule has 304 valence electrons. The van der Waals surface area contributed by atoms with Crippen molar-refractivity contribution in [2.75, 3.05) is 13.2 Å². The predicted molar refractivity (Wildman–Crippen MR) is 212 cm³/mol. The zero-order valence-electron chi connectivity index (χ0n) is 33.5. The van der Waals surface area contributed by atoms with Gasteiger partial charge in [0.15, 0.2) is 6.10 Å². The van der Waals surface area contributed by atoms with Gasteiger partial charge in [0.05, 0.1) is 6.61 Å². The van der Waals surface area contributed by atoms with E-state index in [1.165, 1.54) is 173 Å². The molecule has 0 amide bonds. The van der Waals surface area contributed by atoms with Crippen LogP contribution in [0.2, 0.25) is 0 Å². The van der Waals surface area contributed by atoms with Crippen LogP contribution >= 0.6 is 7.82 Å². The highest BCUT2D eigenvalue weighted by molar-refractivity contribution is 7.46. The van der Waals surface area contributed by atoms with Gasteiger partial charge >= 0.3 is 19.8 Å². The Morgan fingerprint density at radius 1 is 0.431 bits per heavy atom. The second-order valence-corrected chi connectivity index (χ2v) is 16.3. The van der Waals surface area contributed by atoms with Gasteiger partial charge in [-0.05, 0) is 12.8 Å². The van der Waals surface area contributed by atoms with Crippen LogP contribution < -0.4 is 0 Å². The molecule has 0 aromatic carbocycles. The van der Waals surface area contributed by atoms with E-state index in [0.717, 1.165) is 32.1 Å². The number of esters is 2. The summed E-state index contributed by atoms with van der Waals surface area (Å²) in [6, 6.07) is 0. The lowest BCUT2D eigenvalue weighted by molar-refractivity contribution is -0.161. The van der Waals surface area contributed by atoms with Crippen LogP contribution in [-0.2, 0) is 28.2 Å². The Bertz CT molecular complexity index is 802. The molecule has 8 nitrogen and oxygen atoms in total. The van der Waals surface area contributed by atoms with Gasteiger partial charge in [0, 0.05) is 12.8 Å². The fraction of sp³-hybridized carbons (Fsp3) is 0.952. The summed E-state index contributed by atoms with van der Waals surface area (Å²) in [7, 11) is -4.74. The molecule has 0 aromatic heterocycles. The third-order valence-electron chi connectivity index (χ3n) is 9.88. The Hall–Kier alpha value is -0.950. The lowest BCUT2D eigenvalue weighted by Crippen LogP contribution is -2.29. The number of carbonyl (C=O) groups excluding carboxylic acids is 2. The van der Waals surface area contributed by atoms with Crippen molar-refractivity contribution < 1.29 is 37.9 Å². The van der Waals surface area contributed by atoms with Crippen molar-refractivity contribution in [2.45, 2.75) is 245 Å². The highest BCUT2D eigenvalue weighted by Crippen LogP contribution is 2.36. The maximum atomic E-state index is 12.4. The van der Waals surface area contributed by atoms with Crippen molar-refractivity contribution in [1.29, 1.82) is 0 Å². The van der Waals surface area contributed by atoms with E-state index in [1.807, 2.05) is 0 Å². The zero-order chi connectivity index (χ0) is 37.5. The van der Waals surface area contributed by atoms with Crippen molar-refractivity contribution in [2.24, 2.45) is 0 Å². The van der Waals surface area contributed by atoms with E-state index in [4.69, 9.17) is 19.3 Å². The van der Waals surface area contributed by atoms with Crippen molar-refractivity contribution in [3.63, 3.8) is 0 Å². The van der Waals surface area contributed by atoms with Crippen LogP contribution in [-0.4, -0.2) is 41.0 Å². The van der Waals surface area contributed by atoms with Gasteiger partial charge in [0.25, 0.3) is 0 Å². The number of hydrogen-bond donors (Lipinski definition) is 2. The van der Waals surface area contributed by atoms with Crippen LogP contribution in [0.15, 0.2) is 0 Å². The molecule has 0 aliphatic heterocycles. The standard InChI is InChI=1S/C42H83O8P/c1-3-5-7-9-11-13-15-16-17-18-19-20-21-22-23-24-25-26-27-29-31-33-35-37-42(44)50-40(39-49-51(45,46)47)38-48-41(43)36-34-32-30-28-14-12-10-8-6-4-2/h40H,3-39H2,1-2H3,(H2,45,46,47). The van der Waals surface area contributed by atoms with E-state index in [2.05, 4.69) is 18.4 Å². The monoisotopic (exact) mass is 747 g/mol. The minimum absolute atomic E-state index is 0.220. The van der Waals surface area contributed by atoms with E-state index in [9.17, 15) is 14.2 Å². The molecule has 0 spiro atoms. The number of phosphoric ester groups is 1. The van der Waals surface area contributed by atoms with Crippen molar-refractivity contribution in [1.82, 2.24) is 0 Å². The summed E-state index contributed by atoms with van der Waals surface area (Å²) in [5.41, 5.74) is 0. The first kappa shape index (κ1) is 50.1. The van der Waals surface area contributed by atoms with Gasteiger partial charge in [0.1, 0.15) is 6.61 Å². The Morgan fingerprint density at radius 3 is 1.00 bits per heavy atom. The quantitative estimate of drug-likeness (QED) is 0.0360. The predicted octanol–water partition coefficient (Wildman–Crippen LogP) is 13.2. The minimum atomic E-state index is -4.74. The molecule has 0 saturated heterocycles. The molecule has 0 rings (SSSR count). The molecular formula is C42H83O8P. The van der Waals surface area contributed by atoms with Crippen LogP contribution in [0.4, 0.5) is 0 Å². The number of phosphoric acid groups is 1. The van der Waals surface area contributed by atoms with Crippen molar-refractivity contribution in [3.05, 3.63) is 0 Å². The highest BCUT2D eigenvalue weighted by atomic mass is 31.2. The average molecular weight is 747 g/mol. The maximum Gasteiger partial charge on any atom is 0.469 e. The highest BCUT2D eigenvalue weighted by Gasteiger charge is 2.22. The summed E-state index contributed by atoms with van der Waals surface area (Å²) in [6.45, 7) is 3.70. The van der Waals surface area contributed by atoms with Gasteiger partial charge in [-0.3, -0.25) is 14.1 Å². The topological polar surface area (TPSA) is 119 Å². The molecule has 0 aliphatic carbocycles. The van der Waals surface area contributed by atoms with Gasteiger partial charge < -0.3 is 19.3 Å². The third-order valence-corrected chi connectivity index (χ3v) is 10.4. The Morgan fingerprint density at radius 2 is 0.706 bits per heavy atom. The smallest absolute Gasteiger partial charge is 0.462 e. The first-order valence-corrected chi connectivity index (χ1v) is 23.4. The minimum Gasteiger partial charge on any atom is -0.462 e. The normalized spacial score (nSPS) is 12.3. The Labute approximate surface area is 315 Å². The average Bonchev–Trinajstić information content (AvgIpc) is 3.10. The number of ether oxygens (including phenoxy) is 2. The summed E-state index contributed by atoms with van der Waals surface area (Å²) >= 11 is 0. The Balaban J connectivity index is 3.75. The number of carbonyl (C=O) groups is 2. The van der Waals surface area contributed by atoms with Crippen LogP contribution in [0.3, 0.4) is 0 Å². The molecule has 0 aromatic rings. The SMILES string of the molecule is CCCCCCCCCCCCCCCCCCCCCCCCCC(=O)OC(COC(=O)CCCCCCCCCCCC)COP(=O)(O)O. The molecule has 0 fully saturated rings. The lowest BCUT2D eigenvalue weighted by Gasteiger charge is -2.18. The van der Waals surface area contributed by atoms with Crippen LogP contribution in [0, 0.1) is 0 Å². The molecule has 0 heterocycles. The van der Waals surface area contributed by atoms with Crippen molar-refractivity contribution >= 4 is 19.8 Å². The van der Waals surface area contributed by atoms with Crippen LogP contribution in [0.1, 0.15) is 239 Å². The van der Waals surface area contributed by atoms with Gasteiger partial charge in [-0.1, -0.05) is 213 Å². The molecule has 2 N–H and O–H groups in total. The Kier molecular flexibility index (Phi) is 38.0. The van der Waals surface area contributed by atoms with E-state index in [0.29, 0.717) is 6.42 Å². The molecule has 1 unspecified atom stereocenters. The number of unbranched alkanes of at least 4 members (excludes halogenated alkanes) is 31.